The molecule has 2 aromatic carbocycles. The van der Waals surface area contributed by atoms with Gasteiger partial charge in [-0.2, -0.15) is 0 Å². The third-order valence-electron chi connectivity index (χ3n) is 2.60. The molecule has 4 nitrogen and oxygen atoms in total. The number of halogens is 1. The van der Waals surface area contributed by atoms with Crippen LogP contribution in [0.25, 0.3) is 10.8 Å². The Kier molecular flexibility index (Phi) is 3.36. The third-order valence-corrected chi connectivity index (χ3v) is 2.83. The minimum Gasteiger partial charge on any atom is -0.507 e. The van der Waals surface area contributed by atoms with Gasteiger partial charge in [-0.15, -0.1) is 0 Å². The molecule has 0 atom stereocenters. The highest BCUT2D eigenvalue weighted by molar-refractivity contribution is 6.31. The number of esters is 1. The van der Waals surface area contributed by atoms with Gasteiger partial charge >= 0.3 is 5.97 Å². The first-order valence-electron chi connectivity index (χ1n) is 5.48. The molecule has 5 heteroatoms. The Bertz CT molecular complexity index is 695. The summed E-state index contributed by atoms with van der Waals surface area (Å²) in [5.41, 5.74) is 6.20. The van der Waals surface area contributed by atoms with Crippen LogP contribution in [0.15, 0.2) is 36.4 Å². The molecule has 0 fully saturated rings. The standard InChI is InChI=1S/C14H12ClNO3/c1-7(2)14(18)19-13-9-4-3-8(15)5-10(9)12(17)6-11(13)16/h3-6,17H,1,16H2,2H3. The molecule has 19 heavy (non-hydrogen) atoms. The van der Waals surface area contributed by atoms with Crippen molar-refractivity contribution < 1.29 is 14.6 Å². The van der Waals surface area contributed by atoms with Gasteiger partial charge in [0.1, 0.15) is 5.75 Å². The fourth-order valence-corrected chi connectivity index (χ4v) is 1.84. The first-order valence-corrected chi connectivity index (χ1v) is 5.86. The Hall–Kier alpha value is -2.20. The lowest BCUT2D eigenvalue weighted by Gasteiger charge is -2.12. The number of anilines is 1. The van der Waals surface area contributed by atoms with E-state index in [2.05, 4.69) is 6.58 Å². The van der Waals surface area contributed by atoms with Crippen LogP contribution in [0.1, 0.15) is 6.92 Å². The van der Waals surface area contributed by atoms with Crippen molar-refractivity contribution in [3.63, 3.8) is 0 Å². The summed E-state index contributed by atoms with van der Waals surface area (Å²) < 4.78 is 5.20. The zero-order valence-corrected chi connectivity index (χ0v) is 11.0. The predicted molar refractivity (Wildman–Crippen MR) is 75.5 cm³/mol. The van der Waals surface area contributed by atoms with E-state index in [9.17, 15) is 9.90 Å². The Labute approximate surface area is 115 Å². The van der Waals surface area contributed by atoms with Gasteiger partial charge in [0, 0.05) is 27.4 Å². The van der Waals surface area contributed by atoms with Crippen LogP contribution in [-0.2, 0) is 4.79 Å². The van der Waals surface area contributed by atoms with E-state index in [4.69, 9.17) is 22.1 Å². The molecule has 0 radical (unpaired) electrons. The molecule has 2 aromatic rings. The number of hydrogen-bond donors (Lipinski definition) is 2. The van der Waals surface area contributed by atoms with Crippen molar-refractivity contribution in [2.75, 3.05) is 5.73 Å². The molecule has 0 bridgehead atoms. The lowest BCUT2D eigenvalue weighted by atomic mass is 10.1. The molecule has 3 N–H and O–H groups in total. The zero-order valence-electron chi connectivity index (χ0n) is 10.2. The summed E-state index contributed by atoms with van der Waals surface area (Å²) in [6, 6.07) is 6.15. The molecular formula is C14H12ClNO3. The molecular weight excluding hydrogens is 266 g/mol. The van der Waals surface area contributed by atoms with E-state index in [0.717, 1.165) is 0 Å². The molecule has 98 valence electrons. The van der Waals surface area contributed by atoms with Gasteiger partial charge in [0.25, 0.3) is 0 Å². The van der Waals surface area contributed by atoms with Crippen LogP contribution in [0, 0.1) is 0 Å². The van der Waals surface area contributed by atoms with E-state index in [1.807, 2.05) is 0 Å². The second kappa shape index (κ2) is 4.82. The number of rotatable bonds is 2. The predicted octanol–water partition coefficient (Wildman–Crippen LogP) is 3.26. The number of phenolic OH excluding ortho intramolecular Hbond substituents is 1. The van der Waals surface area contributed by atoms with Gasteiger partial charge < -0.3 is 15.6 Å². The van der Waals surface area contributed by atoms with Crippen molar-refractivity contribution in [1.82, 2.24) is 0 Å². The van der Waals surface area contributed by atoms with Crippen molar-refractivity contribution in [1.29, 1.82) is 0 Å². The number of fused-ring (bicyclic) bond motifs is 1. The fraction of sp³-hybridized carbons (Fsp3) is 0.0714. The SMILES string of the molecule is C=C(C)C(=O)Oc1c(N)cc(O)c2cc(Cl)ccc12. The maximum Gasteiger partial charge on any atom is 0.338 e. The summed E-state index contributed by atoms with van der Waals surface area (Å²) in [6.07, 6.45) is 0. The summed E-state index contributed by atoms with van der Waals surface area (Å²) in [5.74, 6) is -0.406. The Morgan fingerprint density at radius 3 is 2.68 bits per heavy atom. The summed E-state index contributed by atoms with van der Waals surface area (Å²) in [7, 11) is 0. The van der Waals surface area contributed by atoms with E-state index in [1.54, 1.807) is 18.2 Å². The molecule has 0 unspecified atom stereocenters. The van der Waals surface area contributed by atoms with E-state index in [-0.39, 0.29) is 22.8 Å². The molecule has 0 aliphatic carbocycles. The van der Waals surface area contributed by atoms with Crippen molar-refractivity contribution in [3.8, 4) is 11.5 Å². The molecule has 0 aliphatic heterocycles. The zero-order chi connectivity index (χ0) is 14.2. The van der Waals surface area contributed by atoms with Gasteiger partial charge in [0.05, 0.1) is 5.69 Å². The van der Waals surface area contributed by atoms with E-state index in [0.29, 0.717) is 15.8 Å². The number of carbonyl (C=O) groups excluding carboxylic acids is 1. The summed E-state index contributed by atoms with van der Waals surface area (Å²) in [5, 5.41) is 11.3. The van der Waals surface area contributed by atoms with Crippen LogP contribution in [-0.4, -0.2) is 11.1 Å². The number of carbonyl (C=O) groups is 1. The van der Waals surface area contributed by atoms with Crippen LogP contribution in [0.4, 0.5) is 5.69 Å². The van der Waals surface area contributed by atoms with Crippen LogP contribution in [0.5, 0.6) is 11.5 Å². The number of hydrogen-bond acceptors (Lipinski definition) is 4. The van der Waals surface area contributed by atoms with Gasteiger partial charge in [-0.1, -0.05) is 18.2 Å². The minimum absolute atomic E-state index is 0.0230. The molecule has 0 amide bonds. The second-order valence-corrected chi connectivity index (χ2v) is 4.61. The van der Waals surface area contributed by atoms with Crippen molar-refractivity contribution >= 4 is 34.0 Å². The monoisotopic (exact) mass is 277 g/mol. The Balaban J connectivity index is 2.66. The maximum absolute atomic E-state index is 11.6. The Morgan fingerprint density at radius 1 is 1.37 bits per heavy atom. The van der Waals surface area contributed by atoms with Crippen LogP contribution in [0.3, 0.4) is 0 Å². The lowest BCUT2D eigenvalue weighted by molar-refractivity contribution is -0.129. The molecule has 0 saturated carbocycles. The van der Waals surface area contributed by atoms with Gasteiger partial charge in [0.15, 0.2) is 5.75 Å². The topological polar surface area (TPSA) is 72.5 Å². The molecule has 0 aromatic heterocycles. The number of nitrogen functional groups attached to an aromatic ring is 1. The fourth-order valence-electron chi connectivity index (χ4n) is 1.67. The normalized spacial score (nSPS) is 10.4. The number of benzene rings is 2. The number of nitrogens with two attached hydrogens (primary N) is 1. The molecule has 2 rings (SSSR count). The average molecular weight is 278 g/mol. The maximum atomic E-state index is 11.6. The highest BCUT2D eigenvalue weighted by Crippen LogP contribution is 2.39. The number of phenols is 1. The Morgan fingerprint density at radius 2 is 2.05 bits per heavy atom. The van der Waals surface area contributed by atoms with E-state index >= 15 is 0 Å². The molecule has 0 spiro atoms. The summed E-state index contributed by atoms with van der Waals surface area (Å²) in [6.45, 7) is 5.05. The van der Waals surface area contributed by atoms with Crippen LogP contribution >= 0.6 is 11.6 Å². The number of ether oxygens (including phenoxy) is 1. The summed E-state index contributed by atoms with van der Waals surface area (Å²) in [4.78, 5) is 11.6. The van der Waals surface area contributed by atoms with Gasteiger partial charge in [-0.05, 0) is 25.1 Å². The average Bonchev–Trinajstić information content (AvgIpc) is 2.34. The van der Waals surface area contributed by atoms with Crippen molar-refractivity contribution in [2.45, 2.75) is 6.92 Å². The smallest absolute Gasteiger partial charge is 0.338 e. The second-order valence-electron chi connectivity index (χ2n) is 4.17. The number of aromatic hydroxyl groups is 1. The van der Waals surface area contributed by atoms with Gasteiger partial charge in [-0.3, -0.25) is 0 Å². The first-order chi connectivity index (χ1) is 8.90. The quantitative estimate of drug-likeness (QED) is 0.382. The van der Waals surface area contributed by atoms with Gasteiger partial charge in [0.2, 0.25) is 0 Å². The van der Waals surface area contributed by atoms with Crippen LogP contribution < -0.4 is 10.5 Å². The van der Waals surface area contributed by atoms with Crippen molar-refractivity contribution in [2.24, 2.45) is 0 Å². The molecule has 0 saturated heterocycles. The van der Waals surface area contributed by atoms with Gasteiger partial charge in [-0.25, -0.2) is 4.79 Å². The summed E-state index contributed by atoms with van der Waals surface area (Å²) >= 11 is 5.87. The highest BCUT2D eigenvalue weighted by atomic mass is 35.5. The minimum atomic E-state index is -0.575. The highest BCUT2D eigenvalue weighted by Gasteiger charge is 2.15. The van der Waals surface area contributed by atoms with Crippen molar-refractivity contribution in [3.05, 3.63) is 41.4 Å². The lowest BCUT2D eigenvalue weighted by Crippen LogP contribution is -2.10. The molecule has 0 aliphatic rings. The third kappa shape index (κ3) is 2.48. The van der Waals surface area contributed by atoms with Crippen LogP contribution in [0.2, 0.25) is 5.02 Å². The van der Waals surface area contributed by atoms with E-state index in [1.165, 1.54) is 13.0 Å². The molecule has 0 heterocycles. The van der Waals surface area contributed by atoms with E-state index < -0.39 is 5.97 Å². The first kappa shape index (κ1) is 13.2. The largest absolute Gasteiger partial charge is 0.507 e.